The molecule has 0 unspecified atom stereocenters. The molecule has 1 aromatic rings. The topological polar surface area (TPSA) is 98.7 Å². The highest BCUT2D eigenvalue weighted by atomic mass is 16.3. The number of carbonyl (C=O) groups is 2. The van der Waals surface area contributed by atoms with Crippen molar-refractivity contribution in [3.05, 3.63) is 35.9 Å². The number of hydrogen-bond donors (Lipinski definition) is 4. The number of hydrogen-bond acceptors (Lipinski definition) is 4. The molecule has 116 valence electrons. The van der Waals surface area contributed by atoms with Gasteiger partial charge in [0.15, 0.2) is 0 Å². The molecule has 0 aliphatic carbocycles. The largest absolute Gasteiger partial charge is 0.396 e. The van der Waals surface area contributed by atoms with Gasteiger partial charge in [-0.15, -0.1) is 0 Å². The Morgan fingerprint density at radius 1 is 1.19 bits per heavy atom. The lowest BCUT2D eigenvalue weighted by Crippen LogP contribution is -2.48. The fourth-order valence-corrected chi connectivity index (χ4v) is 1.56. The maximum atomic E-state index is 11.7. The molecule has 0 bridgehead atoms. The number of carbonyl (C=O) groups excluding carboxylic acids is 2. The summed E-state index contributed by atoms with van der Waals surface area (Å²) in [5, 5.41) is 23.9. The van der Waals surface area contributed by atoms with Crippen LogP contribution in [0.4, 0.5) is 0 Å². The number of aliphatic hydroxyl groups is 2. The van der Waals surface area contributed by atoms with Crippen LogP contribution in [0.2, 0.25) is 0 Å². The molecule has 4 N–H and O–H groups in total. The molecule has 0 aromatic heterocycles. The second-order valence-corrected chi connectivity index (χ2v) is 5.53. The minimum absolute atomic E-state index is 0.218. The second kappa shape index (κ2) is 7.75. The molecular formula is C15H22N2O4. The van der Waals surface area contributed by atoms with E-state index >= 15 is 0 Å². The third kappa shape index (κ3) is 5.53. The Balaban J connectivity index is 2.34. The first-order valence-corrected chi connectivity index (χ1v) is 6.74. The van der Waals surface area contributed by atoms with Crippen LogP contribution in [0.25, 0.3) is 0 Å². The summed E-state index contributed by atoms with van der Waals surface area (Å²) in [4.78, 5) is 23.3. The molecule has 1 rings (SSSR count). The molecule has 2 amide bonds. The number of benzene rings is 1. The van der Waals surface area contributed by atoms with Gasteiger partial charge in [0.05, 0.1) is 13.2 Å². The number of amides is 2. The number of nitrogens with one attached hydrogen (secondary N) is 2. The molecule has 0 spiro atoms. The van der Waals surface area contributed by atoms with Crippen molar-refractivity contribution in [3.63, 3.8) is 0 Å². The van der Waals surface area contributed by atoms with Gasteiger partial charge in [-0.25, -0.2) is 0 Å². The van der Waals surface area contributed by atoms with Crippen LogP contribution in [-0.4, -0.2) is 41.3 Å². The summed E-state index contributed by atoms with van der Waals surface area (Å²) in [6, 6.07) is 9.39. The number of aliphatic hydroxyl groups excluding tert-OH is 2. The molecule has 0 fully saturated rings. The van der Waals surface area contributed by atoms with E-state index in [0.29, 0.717) is 6.54 Å². The van der Waals surface area contributed by atoms with Crippen LogP contribution in [0, 0.1) is 5.41 Å². The molecule has 6 nitrogen and oxygen atoms in total. The highest BCUT2D eigenvalue weighted by Gasteiger charge is 2.32. The smallest absolute Gasteiger partial charge is 0.249 e. The molecule has 0 heterocycles. The molecule has 0 radical (unpaired) electrons. The van der Waals surface area contributed by atoms with E-state index in [1.165, 1.54) is 0 Å². The van der Waals surface area contributed by atoms with Crippen molar-refractivity contribution < 1.29 is 19.8 Å². The maximum Gasteiger partial charge on any atom is 0.249 e. The summed E-state index contributed by atoms with van der Waals surface area (Å²) in [5.74, 6) is -1.02. The predicted octanol–water partition coefficient (Wildman–Crippen LogP) is -0.202. The fourth-order valence-electron chi connectivity index (χ4n) is 1.56. The zero-order valence-electron chi connectivity index (χ0n) is 12.3. The summed E-state index contributed by atoms with van der Waals surface area (Å²) in [6.45, 7) is 2.95. The van der Waals surface area contributed by atoms with Gasteiger partial charge in [0, 0.05) is 12.0 Å². The van der Waals surface area contributed by atoms with E-state index in [2.05, 4.69) is 10.6 Å². The molecule has 21 heavy (non-hydrogen) atoms. The number of rotatable bonds is 7. The van der Waals surface area contributed by atoms with E-state index in [0.717, 1.165) is 5.56 Å². The van der Waals surface area contributed by atoms with Gasteiger partial charge >= 0.3 is 0 Å². The van der Waals surface area contributed by atoms with E-state index in [1.807, 2.05) is 30.3 Å². The Labute approximate surface area is 124 Å². The van der Waals surface area contributed by atoms with Gasteiger partial charge in [0.1, 0.15) is 6.10 Å². The normalized spacial score (nSPS) is 12.6. The zero-order valence-corrected chi connectivity index (χ0v) is 12.3. The van der Waals surface area contributed by atoms with E-state index in [4.69, 9.17) is 5.11 Å². The van der Waals surface area contributed by atoms with Gasteiger partial charge in [-0.05, 0) is 5.56 Å². The van der Waals surface area contributed by atoms with Crippen LogP contribution < -0.4 is 10.6 Å². The Morgan fingerprint density at radius 3 is 2.38 bits per heavy atom. The molecular weight excluding hydrogens is 272 g/mol. The minimum atomic E-state index is -1.37. The third-order valence-electron chi connectivity index (χ3n) is 3.15. The highest BCUT2D eigenvalue weighted by molar-refractivity contribution is 5.87. The van der Waals surface area contributed by atoms with Crippen molar-refractivity contribution >= 4 is 11.8 Å². The molecule has 1 atom stereocenters. The Bertz CT molecular complexity index is 474. The lowest BCUT2D eigenvalue weighted by atomic mass is 9.87. The van der Waals surface area contributed by atoms with Gasteiger partial charge in [-0.1, -0.05) is 44.2 Å². The van der Waals surface area contributed by atoms with E-state index in [9.17, 15) is 14.7 Å². The third-order valence-corrected chi connectivity index (χ3v) is 3.15. The standard InChI is InChI=1S/C15H22N2O4/c1-15(2,10-18)13(20)14(21)17-9-12(19)16-8-11-6-4-3-5-7-11/h3-7,13,18,20H,8-10H2,1-2H3,(H,16,19)(H,17,21)/t13-/m0/s1. The van der Waals surface area contributed by atoms with Crippen molar-refractivity contribution in [2.75, 3.05) is 13.2 Å². The Morgan fingerprint density at radius 2 is 1.81 bits per heavy atom. The maximum absolute atomic E-state index is 11.7. The SMILES string of the molecule is CC(C)(CO)[C@@H](O)C(=O)NCC(=O)NCc1ccccc1. The van der Waals surface area contributed by atoms with Crippen molar-refractivity contribution in [1.82, 2.24) is 10.6 Å². The molecule has 0 aliphatic heterocycles. The summed E-state index contributed by atoms with van der Waals surface area (Å²) >= 11 is 0. The lowest BCUT2D eigenvalue weighted by molar-refractivity contribution is -0.138. The van der Waals surface area contributed by atoms with Crippen LogP contribution in [0.5, 0.6) is 0 Å². The van der Waals surface area contributed by atoms with Gasteiger partial charge in [0.2, 0.25) is 11.8 Å². The quantitative estimate of drug-likeness (QED) is 0.559. The van der Waals surface area contributed by atoms with Gasteiger partial charge < -0.3 is 20.8 Å². The van der Waals surface area contributed by atoms with Crippen LogP contribution in [0.1, 0.15) is 19.4 Å². The monoisotopic (exact) mass is 294 g/mol. The van der Waals surface area contributed by atoms with Crippen LogP contribution in [0.3, 0.4) is 0 Å². The minimum Gasteiger partial charge on any atom is -0.396 e. The first kappa shape index (κ1) is 17.1. The van der Waals surface area contributed by atoms with E-state index in [-0.39, 0.29) is 19.1 Å². The Hall–Kier alpha value is -1.92. The van der Waals surface area contributed by atoms with Crippen molar-refractivity contribution in [2.24, 2.45) is 5.41 Å². The zero-order chi connectivity index (χ0) is 15.9. The van der Waals surface area contributed by atoms with E-state index in [1.54, 1.807) is 13.8 Å². The van der Waals surface area contributed by atoms with E-state index < -0.39 is 17.4 Å². The first-order valence-electron chi connectivity index (χ1n) is 6.74. The van der Waals surface area contributed by atoms with Gasteiger partial charge in [-0.2, -0.15) is 0 Å². The molecule has 6 heteroatoms. The summed E-state index contributed by atoms with van der Waals surface area (Å²) in [7, 11) is 0. The first-order chi connectivity index (χ1) is 9.86. The summed E-state index contributed by atoms with van der Waals surface area (Å²) in [6.07, 6.45) is -1.37. The van der Waals surface area contributed by atoms with Crippen molar-refractivity contribution in [1.29, 1.82) is 0 Å². The second-order valence-electron chi connectivity index (χ2n) is 5.53. The molecule has 0 saturated carbocycles. The van der Waals surface area contributed by atoms with Crippen LogP contribution in [-0.2, 0) is 16.1 Å². The summed E-state index contributed by atoms with van der Waals surface area (Å²) < 4.78 is 0. The summed E-state index contributed by atoms with van der Waals surface area (Å²) in [5.41, 5.74) is 0.00329. The molecule has 0 aliphatic rings. The molecule has 0 saturated heterocycles. The van der Waals surface area contributed by atoms with Gasteiger partial charge in [-0.3, -0.25) is 9.59 Å². The highest BCUT2D eigenvalue weighted by Crippen LogP contribution is 2.19. The molecule has 1 aromatic carbocycles. The average Bonchev–Trinajstić information content (AvgIpc) is 2.50. The van der Waals surface area contributed by atoms with Crippen molar-refractivity contribution in [3.8, 4) is 0 Å². The fraction of sp³-hybridized carbons (Fsp3) is 0.467. The lowest BCUT2D eigenvalue weighted by Gasteiger charge is -2.26. The van der Waals surface area contributed by atoms with Crippen LogP contribution in [0.15, 0.2) is 30.3 Å². The van der Waals surface area contributed by atoms with Crippen LogP contribution >= 0.6 is 0 Å². The van der Waals surface area contributed by atoms with Gasteiger partial charge in [0.25, 0.3) is 0 Å². The van der Waals surface area contributed by atoms with Crippen molar-refractivity contribution in [2.45, 2.75) is 26.5 Å². The average molecular weight is 294 g/mol. The predicted molar refractivity (Wildman–Crippen MR) is 78.2 cm³/mol. The Kier molecular flexibility index (Phi) is 6.33.